The first-order valence-electron chi connectivity index (χ1n) is 10.8. The fourth-order valence-electron chi connectivity index (χ4n) is 3.53. The van der Waals surface area contributed by atoms with E-state index in [1.807, 2.05) is 0 Å². The molecule has 0 unspecified atom stereocenters. The smallest absolute Gasteiger partial charge is 0.267 e. The number of likely N-dealkylation sites (N-methyl/N-ethyl adjacent to an activating group) is 2. The number of amidine groups is 1. The van der Waals surface area contributed by atoms with Crippen molar-refractivity contribution in [2.24, 2.45) is 0 Å². The van der Waals surface area contributed by atoms with Crippen molar-refractivity contribution in [1.82, 2.24) is 14.7 Å². The molecule has 0 radical (unpaired) electrons. The van der Waals surface area contributed by atoms with E-state index in [-0.39, 0.29) is 0 Å². The van der Waals surface area contributed by atoms with Gasteiger partial charge in [0.2, 0.25) is 5.84 Å². The number of hydrogen-bond acceptors (Lipinski definition) is 0. The van der Waals surface area contributed by atoms with E-state index in [1.54, 1.807) is 0 Å². The van der Waals surface area contributed by atoms with E-state index in [1.165, 1.54) is 24.6 Å². The summed E-state index contributed by atoms with van der Waals surface area (Å²) >= 11 is 0. The summed E-state index contributed by atoms with van der Waals surface area (Å²) in [5, 5.41) is 0. The van der Waals surface area contributed by atoms with Gasteiger partial charge in [-0.1, -0.05) is 13.8 Å². The topological polar surface area (TPSA) is 15.7 Å². The first-order valence-corrected chi connectivity index (χ1v) is 10.8. The maximum absolute atomic E-state index is 2.58. The summed E-state index contributed by atoms with van der Waals surface area (Å²) in [4.78, 5) is 7.51. The van der Waals surface area contributed by atoms with Crippen LogP contribution in [0, 0.1) is 0 Å². The Hall–Kier alpha value is -1.26. The van der Waals surface area contributed by atoms with Crippen LogP contribution in [0.1, 0.15) is 61.3 Å². The molecule has 154 valence electrons. The van der Waals surface area contributed by atoms with Gasteiger partial charge in [-0.2, -0.15) is 0 Å². The molecule has 0 spiro atoms. The highest BCUT2D eigenvalue weighted by molar-refractivity contribution is 5.75. The van der Waals surface area contributed by atoms with Crippen LogP contribution in [0.4, 0.5) is 0 Å². The van der Waals surface area contributed by atoms with Gasteiger partial charge >= 0.3 is 5.96 Å². The van der Waals surface area contributed by atoms with Crippen LogP contribution in [0.3, 0.4) is 0 Å². The van der Waals surface area contributed by atoms with Crippen molar-refractivity contribution in [1.29, 1.82) is 0 Å². The molecular formula is C21H47N5+2. The lowest BCUT2D eigenvalue weighted by Crippen LogP contribution is -2.50. The Balaban J connectivity index is 5.54. The van der Waals surface area contributed by atoms with Crippen molar-refractivity contribution in [2.75, 3.05) is 66.5 Å². The Labute approximate surface area is 164 Å². The van der Waals surface area contributed by atoms with Crippen LogP contribution in [-0.4, -0.2) is 102 Å². The Morgan fingerprint density at radius 3 is 1.42 bits per heavy atom. The molecule has 0 saturated heterocycles. The Kier molecular flexibility index (Phi) is 13.2. The largest absolute Gasteiger partial charge is 0.350 e. The minimum Gasteiger partial charge on any atom is -0.267 e. The van der Waals surface area contributed by atoms with Crippen molar-refractivity contribution in [3.63, 3.8) is 0 Å². The normalized spacial score (nSPS) is 13.3. The molecule has 0 aromatic carbocycles. The summed E-state index contributed by atoms with van der Waals surface area (Å²) in [5.74, 6) is 2.76. The van der Waals surface area contributed by atoms with Crippen LogP contribution >= 0.6 is 0 Å². The van der Waals surface area contributed by atoms with Crippen molar-refractivity contribution < 1.29 is 9.15 Å². The maximum Gasteiger partial charge on any atom is 0.350 e. The predicted molar refractivity (Wildman–Crippen MR) is 116 cm³/mol. The minimum atomic E-state index is 1.03. The molecule has 0 aliphatic heterocycles. The third-order valence-electron chi connectivity index (χ3n) is 5.20. The van der Waals surface area contributed by atoms with Crippen molar-refractivity contribution >= 4 is 11.8 Å². The van der Waals surface area contributed by atoms with Gasteiger partial charge < -0.3 is 0 Å². The fourth-order valence-corrected chi connectivity index (χ4v) is 3.53. The highest BCUT2D eigenvalue weighted by Crippen LogP contribution is 2.03. The Morgan fingerprint density at radius 1 is 0.615 bits per heavy atom. The van der Waals surface area contributed by atoms with Gasteiger partial charge in [-0.15, -0.1) is 0 Å². The summed E-state index contributed by atoms with van der Waals surface area (Å²) < 4.78 is 4.86. The van der Waals surface area contributed by atoms with Crippen molar-refractivity contribution in [3.8, 4) is 0 Å². The molecule has 26 heavy (non-hydrogen) atoms. The zero-order valence-corrected chi connectivity index (χ0v) is 19.3. The SMILES string of the molecule is CCCN(CCC)/C(N(CC)CC)=[N+](/C)CC/[N+](C)=C(/C)N(CC)CC. The summed E-state index contributed by atoms with van der Waals surface area (Å²) in [7, 11) is 4.47. The van der Waals surface area contributed by atoms with Crippen LogP contribution in [0.25, 0.3) is 0 Å². The third kappa shape index (κ3) is 7.55. The van der Waals surface area contributed by atoms with Crippen molar-refractivity contribution in [3.05, 3.63) is 0 Å². The average Bonchev–Trinajstić information content (AvgIpc) is 2.64. The molecule has 0 aliphatic rings. The molecule has 5 nitrogen and oxygen atoms in total. The number of rotatable bonds is 11. The zero-order valence-electron chi connectivity index (χ0n) is 19.3. The number of hydrogen-bond donors (Lipinski definition) is 0. The lowest BCUT2D eigenvalue weighted by Gasteiger charge is -2.28. The van der Waals surface area contributed by atoms with E-state index in [9.17, 15) is 0 Å². The molecule has 0 aromatic rings. The molecule has 0 N–H and O–H groups in total. The molecule has 0 fully saturated rings. The first-order chi connectivity index (χ1) is 12.4. The second-order valence-corrected chi connectivity index (χ2v) is 7.02. The van der Waals surface area contributed by atoms with Gasteiger partial charge in [0.05, 0.1) is 53.4 Å². The van der Waals surface area contributed by atoms with Crippen LogP contribution in [-0.2, 0) is 0 Å². The number of guanidine groups is 1. The quantitative estimate of drug-likeness (QED) is 0.316. The second kappa shape index (κ2) is 13.9. The Morgan fingerprint density at radius 2 is 1.04 bits per heavy atom. The molecule has 0 heterocycles. The van der Waals surface area contributed by atoms with E-state index in [0.717, 1.165) is 52.4 Å². The monoisotopic (exact) mass is 369 g/mol. The van der Waals surface area contributed by atoms with E-state index in [4.69, 9.17) is 0 Å². The molecule has 0 atom stereocenters. The number of nitrogens with zero attached hydrogens (tertiary/aromatic N) is 5. The van der Waals surface area contributed by atoms with Gasteiger partial charge in [-0.05, 0) is 40.5 Å². The van der Waals surface area contributed by atoms with E-state index >= 15 is 0 Å². The van der Waals surface area contributed by atoms with E-state index in [2.05, 4.69) is 86.4 Å². The molecule has 0 aromatic heterocycles. The summed E-state index contributed by atoms with van der Waals surface area (Å²) in [6.07, 6.45) is 2.38. The summed E-state index contributed by atoms with van der Waals surface area (Å²) in [5.41, 5.74) is 0. The molecule has 0 bridgehead atoms. The summed E-state index contributed by atoms with van der Waals surface area (Å²) in [6.45, 7) is 24.4. The zero-order chi connectivity index (χ0) is 20.1. The predicted octanol–water partition coefficient (Wildman–Crippen LogP) is 2.85. The highest BCUT2D eigenvalue weighted by Gasteiger charge is 2.25. The van der Waals surface area contributed by atoms with Crippen molar-refractivity contribution in [2.45, 2.75) is 61.3 Å². The standard InChI is InChI=1S/C21H47N5/c1-10-16-26(17-11-2)21(25(14-5)15-6)23(9)19-18-22(8)20(7)24(12-3)13-4/h10-19H2,1-9H3/q+2. The maximum atomic E-state index is 2.58. The van der Waals surface area contributed by atoms with Crippen LogP contribution < -0.4 is 0 Å². The van der Waals surface area contributed by atoms with E-state index < -0.39 is 0 Å². The summed E-state index contributed by atoms with van der Waals surface area (Å²) in [6, 6.07) is 0. The lowest BCUT2D eigenvalue weighted by atomic mass is 10.3. The van der Waals surface area contributed by atoms with Gasteiger partial charge in [0.1, 0.15) is 13.1 Å². The molecule has 0 amide bonds. The van der Waals surface area contributed by atoms with Gasteiger partial charge in [-0.25, -0.2) is 0 Å². The molecule has 0 rings (SSSR count). The average molecular weight is 370 g/mol. The minimum absolute atomic E-state index is 1.03. The first kappa shape index (κ1) is 24.7. The van der Waals surface area contributed by atoms with Gasteiger partial charge in [0.15, 0.2) is 0 Å². The third-order valence-corrected chi connectivity index (χ3v) is 5.20. The molecule has 5 heteroatoms. The highest BCUT2D eigenvalue weighted by atomic mass is 15.4. The Bertz CT molecular complexity index is 428. The van der Waals surface area contributed by atoms with Crippen LogP contribution in [0.5, 0.6) is 0 Å². The van der Waals surface area contributed by atoms with Gasteiger partial charge in [0.25, 0.3) is 0 Å². The second-order valence-electron chi connectivity index (χ2n) is 7.02. The van der Waals surface area contributed by atoms with Crippen LogP contribution in [0.15, 0.2) is 0 Å². The van der Waals surface area contributed by atoms with Gasteiger partial charge in [0, 0.05) is 6.92 Å². The van der Waals surface area contributed by atoms with Gasteiger partial charge in [-0.3, -0.25) is 23.9 Å². The fraction of sp³-hybridized carbons (Fsp3) is 0.905. The van der Waals surface area contributed by atoms with Crippen LogP contribution in [0.2, 0.25) is 0 Å². The molecule has 0 saturated carbocycles. The molecular weight excluding hydrogens is 322 g/mol. The molecule has 0 aliphatic carbocycles. The lowest BCUT2D eigenvalue weighted by molar-refractivity contribution is -0.578. The van der Waals surface area contributed by atoms with E-state index in [0.29, 0.717) is 0 Å².